The summed E-state index contributed by atoms with van der Waals surface area (Å²) in [5.74, 6) is 0.364. The Morgan fingerprint density at radius 3 is 2.43 bits per heavy atom. The van der Waals surface area contributed by atoms with E-state index in [1.807, 2.05) is 44.2 Å². The second kappa shape index (κ2) is 7.47. The SMILES string of the molecule is CCOc1ccc(Br)cc1S(=O)(=O)N(C)C(C)c1ccccc1. The van der Waals surface area contributed by atoms with Gasteiger partial charge in [0, 0.05) is 17.6 Å². The van der Waals surface area contributed by atoms with Gasteiger partial charge in [-0.15, -0.1) is 0 Å². The number of rotatable bonds is 6. The topological polar surface area (TPSA) is 46.6 Å². The average Bonchev–Trinajstić information content (AvgIpc) is 2.56. The van der Waals surface area contributed by atoms with Crippen molar-refractivity contribution >= 4 is 26.0 Å². The molecule has 124 valence electrons. The molecule has 0 aliphatic heterocycles. The maximum absolute atomic E-state index is 13.0. The Kier molecular flexibility index (Phi) is 5.84. The van der Waals surface area contributed by atoms with Crippen LogP contribution in [0.2, 0.25) is 0 Å². The minimum absolute atomic E-state index is 0.166. The molecule has 0 aliphatic carbocycles. The van der Waals surface area contributed by atoms with Crippen molar-refractivity contribution in [1.29, 1.82) is 0 Å². The third kappa shape index (κ3) is 3.94. The highest BCUT2D eigenvalue weighted by Gasteiger charge is 2.29. The lowest BCUT2D eigenvalue weighted by Gasteiger charge is -2.25. The Morgan fingerprint density at radius 1 is 1.17 bits per heavy atom. The van der Waals surface area contributed by atoms with E-state index in [4.69, 9.17) is 4.74 Å². The highest BCUT2D eigenvalue weighted by Crippen LogP contribution is 2.33. The lowest BCUT2D eigenvalue weighted by atomic mass is 10.1. The molecule has 0 saturated heterocycles. The molecule has 0 saturated carbocycles. The first kappa shape index (κ1) is 18.0. The fraction of sp³-hybridized carbons (Fsp3) is 0.294. The molecule has 6 heteroatoms. The van der Waals surface area contributed by atoms with Crippen LogP contribution in [0.4, 0.5) is 0 Å². The zero-order valence-corrected chi connectivity index (χ0v) is 15.8. The van der Waals surface area contributed by atoms with E-state index in [2.05, 4.69) is 15.9 Å². The van der Waals surface area contributed by atoms with E-state index in [-0.39, 0.29) is 10.9 Å². The number of benzene rings is 2. The van der Waals surface area contributed by atoms with Crippen LogP contribution in [0.3, 0.4) is 0 Å². The molecule has 0 bridgehead atoms. The predicted molar refractivity (Wildman–Crippen MR) is 95.1 cm³/mol. The number of halogens is 1. The maximum Gasteiger partial charge on any atom is 0.247 e. The minimum atomic E-state index is -3.68. The molecule has 0 N–H and O–H groups in total. The summed E-state index contributed by atoms with van der Waals surface area (Å²) >= 11 is 3.33. The molecule has 0 spiro atoms. The van der Waals surface area contributed by atoms with Crippen LogP contribution in [-0.4, -0.2) is 26.4 Å². The molecular formula is C17H20BrNO3S. The van der Waals surface area contributed by atoms with Crippen molar-refractivity contribution in [3.05, 3.63) is 58.6 Å². The van der Waals surface area contributed by atoms with Crippen LogP contribution in [0, 0.1) is 0 Å². The van der Waals surface area contributed by atoms with Gasteiger partial charge in [0.1, 0.15) is 10.6 Å². The number of hydrogen-bond donors (Lipinski definition) is 0. The molecule has 2 rings (SSSR count). The van der Waals surface area contributed by atoms with Gasteiger partial charge in [0.2, 0.25) is 10.0 Å². The fourth-order valence-electron chi connectivity index (χ4n) is 2.26. The molecule has 0 amide bonds. The number of ether oxygens (including phenoxy) is 1. The smallest absolute Gasteiger partial charge is 0.247 e. The number of nitrogens with zero attached hydrogens (tertiary/aromatic N) is 1. The quantitative estimate of drug-likeness (QED) is 0.732. The van der Waals surface area contributed by atoms with Crippen molar-refractivity contribution < 1.29 is 13.2 Å². The van der Waals surface area contributed by atoms with E-state index in [1.165, 1.54) is 4.31 Å². The zero-order chi connectivity index (χ0) is 17.0. The van der Waals surface area contributed by atoms with Crippen molar-refractivity contribution in [2.45, 2.75) is 24.8 Å². The second-order valence-electron chi connectivity index (χ2n) is 5.13. The molecule has 0 radical (unpaired) electrons. The Bertz CT molecular complexity index is 763. The van der Waals surface area contributed by atoms with Crippen LogP contribution in [-0.2, 0) is 10.0 Å². The standard InChI is InChI=1S/C17H20BrNO3S/c1-4-22-16-11-10-15(18)12-17(16)23(20,21)19(3)13(2)14-8-6-5-7-9-14/h5-13H,4H2,1-3H3. The largest absolute Gasteiger partial charge is 0.492 e. The van der Waals surface area contributed by atoms with Gasteiger partial charge in [0.15, 0.2) is 0 Å². The first-order chi connectivity index (χ1) is 10.9. The molecule has 0 aliphatic rings. The van der Waals surface area contributed by atoms with E-state index >= 15 is 0 Å². The van der Waals surface area contributed by atoms with Gasteiger partial charge >= 0.3 is 0 Å². The summed E-state index contributed by atoms with van der Waals surface area (Å²) in [4.78, 5) is 0.166. The van der Waals surface area contributed by atoms with E-state index in [1.54, 1.807) is 25.2 Å². The van der Waals surface area contributed by atoms with Gasteiger partial charge in [0.05, 0.1) is 6.61 Å². The molecule has 2 aromatic rings. The van der Waals surface area contributed by atoms with Crippen LogP contribution in [0.25, 0.3) is 0 Å². The van der Waals surface area contributed by atoms with Gasteiger partial charge in [-0.25, -0.2) is 8.42 Å². The van der Waals surface area contributed by atoms with Gasteiger partial charge in [-0.3, -0.25) is 0 Å². The summed E-state index contributed by atoms with van der Waals surface area (Å²) in [6.07, 6.45) is 0. The van der Waals surface area contributed by atoms with Gasteiger partial charge < -0.3 is 4.74 Å². The summed E-state index contributed by atoms with van der Waals surface area (Å²) in [5, 5.41) is 0. The van der Waals surface area contributed by atoms with Crippen molar-refractivity contribution in [1.82, 2.24) is 4.31 Å². The Labute approximate surface area is 146 Å². The van der Waals surface area contributed by atoms with Crippen molar-refractivity contribution in [3.63, 3.8) is 0 Å². The van der Waals surface area contributed by atoms with Crippen LogP contribution in [0.1, 0.15) is 25.5 Å². The molecule has 1 atom stereocenters. The lowest BCUT2D eigenvalue weighted by Crippen LogP contribution is -2.30. The first-order valence-electron chi connectivity index (χ1n) is 7.33. The Hall–Kier alpha value is -1.37. The Balaban J connectivity index is 2.43. The predicted octanol–water partition coefficient (Wildman–Crippen LogP) is 4.23. The minimum Gasteiger partial charge on any atom is -0.492 e. The summed E-state index contributed by atoms with van der Waals surface area (Å²) in [7, 11) is -2.10. The molecule has 0 aromatic heterocycles. The van der Waals surface area contributed by atoms with Crippen molar-refractivity contribution in [3.8, 4) is 5.75 Å². The number of sulfonamides is 1. The fourth-order valence-corrected chi connectivity index (χ4v) is 4.28. The van der Waals surface area contributed by atoms with E-state index in [0.717, 1.165) is 5.56 Å². The molecule has 2 aromatic carbocycles. The van der Waals surface area contributed by atoms with Crippen LogP contribution in [0.15, 0.2) is 57.9 Å². The first-order valence-corrected chi connectivity index (χ1v) is 9.56. The van der Waals surface area contributed by atoms with E-state index < -0.39 is 10.0 Å². The normalized spacial score (nSPS) is 13.1. The zero-order valence-electron chi connectivity index (χ0n) is 13.4. The summed E-state index contributed by atoms with van der Waals surface area (Å²) < 4.78 is 33.6. The Morgan fingerprint density at radius 2 is 1.83 bits per heavy atom. The van der Waals surface area contributed by atoms with Gasteiger partial charge in [-0.2, -0.15) is 4.31 Å². The second-order valence-corrected chi connectivity index (χ2v) is 8.01. The lowest BCUT2D eigenvalue weighted by molar-refractivity contribution is 0.328. The third-order valence-corrected chi connectivity index (χ3v) is 6.13. The van der Waals surface area contributed by atoms with E-state index in [0.29, 0.717) is 16.8 Å². The molecule has 1 unspecified atom stereocenters. The number of hydrogen-bond acceptors (Lipinski definition) is 3. The summed E-state index contributed by atoms with van der Waals surface area (Å²) in [6, 6.07) is 14.3. The van der Waals surface area contributed by atoms with Crippen molar-refractivity contribution in [2.24, 2.45) is 0 Å². The highest BCUT2D eigenvalue weighted by molar-refractivity contribution is 9.10. The molecule has 23 heavy (non-hydrogen) atoms. The molecule has 4 nitrogen and oxygen atoms in total. The molecular weight excluding hydrogens is 378 g/mol. The third-order valence-electron chi connectivity index (χ3n) is 3.69. The van der Waals surface area contributed by atoms with Gasteiger partial charge in [-0.05, 0) is 37.6 Å². The summed E-state index contributed by atoms with van der Waals surface area (Å²) in [5.41, 5.74) is 0.937. The van der Waals surface area contributed by atoms with Crippen molar-refractivity contribution in [2.75, 3.05) is 13.7 Å². The average molecular weight is 398 g/mol. The monoisotopic (exact) mass is 397 g/mol. The highest BCUT2D eigenvalue weighted by atomic mass is 79.9. The van der Waals surface area contributed by atoms with Crippen LogP contribution < -0.4 is 4.74 Å². The van der Waals surface area contributed by atoms with Crippen LogP contribution >= 0.6 is 15.9 Å². The molecule has 0 heterocycles. The maximum atomic E-state index is 13.0. The van der Waals surface area contributed by atoms with Gasteiger partial charge in [0.25, 0.3) is 0 Å². The molecule has 0 fully saturated rings. The van der Waals surface area contributed by atoms with Crippen LogP contribution in [0.5, 0.6) is 5.75 Å². The van der Waals surface area contributed by atoms with Gasteiger partial charge in [-0.1, -0.05) is 46.3 Å². The summed E-state index contributed by atoms with van der Waals surface area (Å²) in [6.45, 7) is 4.10. The van der Waals surface area contributed by atoms with E-state index in [9.17, 15) is 8.42 Å².